The van der Waals surface area contributed by atoms with Crippen molar-refractivity contribution in [3.05, 3.63) is 29.3 Å². The maximum absolute atomic E-state index is 13.5. The van der Waals surface area contributed by atoms with E-state index < -0.39 is 29.6 Å². The van der Waals surface area contributed by atoms with Gasteiger partial charge in [0, 0.05) is 6.54 Å². The van der Waals surface area contributed by atoms with Crippen molar-refractivity contribution in [3.8, 4) is 5.75 Å². The summed E-state index contributed by atoms with van der Waals surface area (Å²) in [6.07, 6.45) is -1.12. The highest BCUT2D eigenvalue weighted by molar-refractivity contribution is 5.69. The van der Waals surface area contributed by atoms with Crippen LogP contribution < -0.4 is 15.8 Å². The molecule has 98 valence electrons. The summed E-state index contributed by atoms with van der Waals surface area (Å²) in [6, 6.07) is 2.22. The number of hydrogen-bond donors (Lipinski definition) is 2. The molecule has 1 heterocycles. The lowest BCUT2D eigenvalue weighted by molar-refractivity contribution is 0.101. The molecule has 1 aromatic carbocycles. The molecule has 0 aliphatic carbocycles. The Bertz CT molecular complexity index is 445. The molecule has 1 aliphatic rings. The zero-order valence-electron chi connectivity index (χ0n) is 9.41. The number of carbonyl (C=O) groups excluding carboxylic acids is 1. The van der Waals surface area contributed by atoms with E-state index in [0.717, 1.165) is 12.1 Å². The van der Waals surface area contributed by atoms with Crippen LogP contribution in [-0.4, -0.2) is 25.3 Å². The average Bonchev–Trinajstić information content (AvgIpc) is 2.73. The van der Waals surface area contributed by atoms with Gasteiger partial charge >= 0.3 is 6.09 Å². The molecule has 1 saturated heterocycles. The van der Waals surface area contributed by atoms with Gasteiger partial charge in [0.15, 0.2) is 23.5 Å². The van der Waals surface area contributed by atoms with Gasteiger partial charge < -0.3 is 20.5 Å². The second-order valence-electron chi connectivity index (χ2n) is 3.81. The lowest BCUT2D eigenvalue weighted by Gasteiger charge is -2.12. The van der Waals surface area contributed by atoms with Crippen molar-refractivity contribution < 1.29 is 23.0 Å². The summed E-state index contributed by atoms with van der Waals surface area (Å²) in [5, 5.41) is 2.41. The number of rotatable bonds is 4. The number of alkyl carbamates (subject to hydrolysis) is 1. The molecule has 1 aromatic rings. The Hall–Kier alpha value is -1.89. The molecular formula is C11H12F2N2O3. The van der Waals surface area contributed by atoms with Gasteiger partial charge in [-0.25, -0.2) is 13.6 Å². The predicted octanol–water partition coefficient (Wildman–Crippen LogP) is 0.911. The Morgan fingerprint density at radius 3 is 2.61 bits per heavy atom. The number of cyclic esters (lactones) is 1. The number of halogens is 2. The fourth-order valence-corrected chi connectivity index (χ4v) is 1.57. The van der Waals surface area contributed by atoms with Crippen LogP contribution in [-0.2, 0) is 11.3 Å². The fourth-order valence-electron chi connectivity index (χ4n) is 1.57. The number of hydrogen-bond acceptors (Lipinski definition) is 4. The highest BCUT2D eigenvalue weighted by Crippen LogP contribution is 2.23. The van der Waals surface area contributed by atoms with E-state index in [4.69, 9.17) is 15.2 Å². The molecule has 2 rings (SSSR count). The van der Waals surface area contributed by atoms with Crippen LogP contribution in [0.3, 0.4) is 0 Å². The van der Waals surface area contributed by atoms with E-state index in [1.807, 2.05) is 0 Å². The summed E-state index contributed by atoms with van der Waals surface area (Å²) in [5.74, 6) is -2.14. The van der Waals surface area contributed by atoms with Crippen molar-refractivity contribution >= 4 is 6.09 Å². The van der Waals surface area contributed by atoms with Gasteiger partial charge in [0.05, 0.1) is 6.54 Å². The third-order valence-corrected chi connectivity index (χ3v) is 2.46. The standard InChI is InChI=1S/C11H12F2N2O3/c12-8-1-6(3-14)2-9(13)10(8)17-5-7-4-15-11(16)18-7/h1-2,7H,3-5,14H2,(H,15,16). The number of benzene rings is 1. The summed E-state index contributed by atoms with van der Waals surface area (Å²) in [4.78, 5) is 10.7. The molecule has 7 heteroatoms. The first-order valence-corrected chi connectivity index (χ1v) is 5.35. The van der Waals surface area contributed by atoms with E-state index >= 15 is 0 Å². The van der Waals surface area contributed by atoms with E-state index in [9.17, 15) is 13.6 Å². The van der Waals surface area contributed by atoms with Crippen LogP contribution in [0.1, 0.15) is 5.56 Å². The summed E-state index contributed by atoms with van der Waals surface area (Å²) in [7, 11) is 0. The molecule has 0 radical (unpaired) electrons. The first-order valence-electron chi connectivity index (χ1n) is 5.35. The minimum Gasteiger partial charge on any atom is -0.484 e. The summed E-state index contributed by atoms with van der Waals surface area (Å²) in [6.45, 7) is 0.176. The van der Waals surface area contributed by atoms with Gasteiger partial charge in [-0.15, -0.1) is 0 Å². The van der Waals surface area contributed by atoms with Crippen LogP contribution in [0.5, 0.6) is 5.75 Å². The number of amides is 1. The van der Waals surface area contributed by atoms with Crippen LogP contribution in [0.15, 0.2) is 12.1 Å². The lowest BCUT2D eigenvalue weighted by Crippen LogP contribution is -2.22. The summed E-state index contributed by atoms with van der Waals surface area (Å²) >= 11 is 0. The molecule has 0 saturated carbocycles. The molecule has 5 nitrogen and oxygen atoms in total. The van der Waals surface area contributed by atoms with Gasteiger partial charge in [0.1, 0.15) is 6.61 Å². The Labute approximate surface area is 102 Å². The Morgan fingerprint density at radius 2 is 2.11 bits per heavy atom. The molecule has 3 N–H and O–H groups in total. The third-order valence-electron chi connectivity index (χ3n) is 2.46. The maximum Gasteiger partial charge on any atom is 0.407 e. The highest BCUT2D eigenvalue weighted by Gasteiger charge is 2.24. The van der Waals surface area contributed by atoms with Crippen molar-refractivity contribution in [1.82, 2.24) is 5.32 Å². The van der Waals surface area contributed by atoms with Crippen LogP contribution in [0.4, 0.5) is 13.6 Å². The second-order valence-corrected chi connectivity index (χ2v) is 3.81. The molecule has 18 heavy (non-hydrogen) atoms. The summed E-state index contributed by atoms with van der Waals surface area (Å²) < 4.78 is 36.8. The van der Waals surface area contributed by atoms with Gasteiger partial charge in [0.25, 0.3) is 0 Å². The second kappa shape index (κ2) is 5.18. The number of nitrogens with one attached hydrogen (secondary N) is 1. The molecule has 1 unspecified atom stereocenters. The first kappa shape index (κ1) is 12.6. The van der Waals surface area contributed by atoms with Crippen LogP contribution in [0.2, 0.25) is 0 Å². The van der Waals surface area contributed by atoms with Crippen LogP contribution >= 0.6 is 0 Å². The van der Waals surface area contributed by atoms with Crippen molar-refractivity contribution in [1.29, 1.82) is 0 Å². The molecule has 0 aromatic heterocycles. The van der Waals surface area contributed by atoms with Gasteiger partial charge in [-0.05, 0) is 17.7 Å². The van der Waals surface area contributed by atoms with Gasteiger partial charge in [-0.3, -0.25) is 0 Å². The minimum atomic E-state index is -0.826. The van der Waals surface area contributed by atoms with Gasteiger partial charge in [0.2, 0.25) is 0 Å². The minimum absolute atomic E-state index is 0.0400. The van der Waals surface area contributed by atoms with Crippen molar-refractivity contribution in [2.75, 3.05) is 13.2 Å². The first-order chi connectivity index (χ1) is 8.60. The van der Waals surface area contributed by atoms with Gasteiger partial charge in [-0.1, -0.05) is 0 Å². The maximum atomic E-state index is 13.5. The molecule has 0 bridgehead atoms. The lowest BCUT2D eigenvalue weighted by atomic mass is 10.2. The summed E-state index contributed by atoms with van der Waals surface area (Å²) in [5.41, 5.74) is 5.63. The van der Waals surface area contributed by atoms with E-state index in [1.165, 1.54) is 0 Å². The molecule has 1 fully saturated rings. The quantitative estimate of drug-likeness (QED) is 0.842. The van der Waals surface area contributed by atoms with E-state index in [2.05, 4.69) is 5.32 Å². The zero-order valence-corrected chi connectivity index (χ0v) is 9.41. The molecule has 1 atom stereocenters. The third kappa shape index (κ3) is 2.67. The van der Waals surface area contributed by atoms with Crippen LogP contribution in [0.25, 0.3) is 0 Å². The van der Waals surface area contributed by atoms with Crippen LogP contribution in [0, 0.1) is 11.6 Å². The largest absolute Gasteiger partial charge is 0.484 e. The molecule has 0 spiro atoms. The normalized spacial score (nSPS) is 18.4. The van der Waals surface area contributed by atoms with Gasteiger partial charge in [-0.2, -0.15) is 0 Å². The predicted molar refractivity (Wildman–Crippen MR) is 58.0 cm³/mol. The van der Waals surface area contributed by atoms with E-state index in [-0.39, 0.29) is 19.7 Å². The number of carbonyl (C=O) groups is 1. The molecular weight excluding hydrogens is 246 g/mol. The Balaban J connectivity index is 2.03. The number of ether oxygens (including phenoxy) is 2. The van der Waals surface area contributed by atoms with Crippen molar-refractivity contribution in [3.63, 3.8) is 0 Å². The smallest absolute Gasteiger partial charge is 0.407 e. The molecule has 1 aliphatic heterocycles. The number of nitrogens with two attached hydrogens (primary N) is 1. The SMILES string of the molecule is NCc1cc(F)c(OCC2CNC(=O)O2)c(F)c1. The Kier molecular flexibility index (Phi) is 3.61. The van der Waals surface area contributed by atoms with Crippen molar-refractivity contribution in [2.45, 2.75) is 12.6 Å². The van der Waals surface area contributed by atoms with Crippen molar-refractivity contribution in [2.24, 2.45) is 5.73 Å². The topological polar surface area (TPSA) is 73.6 Å². The van der Waals surface area contributed by atoms with E-state index in [1.54, 1.807) is 0 Å². The Morgan fingerprint density at radius 1 is 1.44 bits per heavy atom. The molecule has 1 amide bonds. The monoisotopic (exact) mass is 258 g/mol. The fraction of sp³-hybridized carbons (Fsp3) is 0.364. The average molecular weight is 258 g/mol. The zero-order chi connectivity index (χ0) is 13.1. The van der Waals surface area contributed by atoms with E-state index in [0.29, 0.717) is 5.56 Å². The highest BCUT2D eigenvalue weighted by atomic mass is 19.1.